The van der Waals surface area contributed by atoms with Gasteiger partial charge in [-0.2, -0.15) is 0 Å². The van der Waals surface area contributed by atoms with Crippen molar-refractivity contribution in [2.75, 3.05) is 39.4 Å². The third-order valence-electron chi connectivity index (χ3n) is 5.33. The van der Waals surface area contributed by atoms with E-state index in [1.165, 1.54) is 12.8 Å². The van der Waals surface area contributed by atoms with Crippen LogP contribution in [0.25, 0.3) is 0 Å². The highest BCUT2D eigenvalue weighted by molar-refractivity contribution is 6.42. The predicted octanol–water partition coefficient (Wildman–Crippen LogP) is 3.72. The number of benzene rings is 1. The summed E-state index contributed by atoms with van der Waals surface area (Å²) < 4.78 is 12.7. The lowest BCUT2D eigenvalue weighted by Crippen LogP contribution is -2.37. The van der Waals surface area contributed by atoms with Crippen LogP contribution in [0.4, 0.5) is 0 Å². The van der Waals surface area contributed by atoms with Crippen LogP contribution >= 0.6 is 23.2 Å². The molecule has 1 aromatic carbocycles. The molecule has 0 bridgehead atoms. The van der Waals surface area contributed by atoms with E-state index in [-0.39, 0.29) is 5.91 Å². The molecule has 3 rings (SSSR count). The van der Waals surface area contributed by atoms with Crippen LogP contribution in [-0.4, -0.2) is 76.4 Å². The second kappa shape index (κ2) is 12.5. The van der Waals surface area contributed by atoms with E-state index in [0.29, 0.717) is 48.6 Å². The van der Waals surface area contributed by atoms with Crippen LogP contribution in [0.1, 0.15) is 42.7 Å². The first-order valence-corrected chi connectivity index (χ1v) is 11.8. The average Bonchev–Trinajstić information content (AvgIpc) is 3.46. The summed E-state index contributed by atoms with van der Waals surface area (Å²) in [6.45, 7) is 9.19. The molecule has 0 spiro atoms. The molecule has 0 N–H and O–H groups in total. The van der Waals surface area contributed by atoms with Gasteiger partial charge in [0, 0.05) is 32.8 Å². The van der Waals surface area contributed by atoms with Crippen molar-refractivity contribution in [2.45, 2.75) is 46.1 Å². The largest absolute Gasteiger partial charge is 0.351 e. The van der Waals surface area contributed by atoms with Gasteiger partial charge in [0.2, 0.25) is 0 Å². The molecule has 176 valence electrons. The molecule has 1 aliphatic rings. The smallest absolute Gasteiger partial charge is 0.276 e. The molecule has 1 saturated heterocycles. The van der Waals surface area contributed by atoms with Crippen molar-refractivity contribution in [1.82, 2.24) is 24.8 Å². The molecule has 1 aliphatic heterocycles. The van der Waals surface area contributed by atoms with Gasteiger partial charge < -0.3 is 19.3 Å². The van der Waals surface area contributed by atoms with Gasteiger partial charge in [0.1, 0.15) is 0 Å². The average molecular weight is 484 g/mol. The number of likely N-dealkylation sites (tertiary alicyclic amines) is 1. The number of hydrogen-bond donors (Lipinski definition) is 0. The monoisotopic (exact) mass is 483 g/mol. The van der Waals surface area contributed by atoms with E-state index in [0.717, 1.165) is 25.2 Å². The summed E-state index contributed by atoms with van der Waals surface area (Å²) in [6.07, 6.45) is 3.62. The molecule has 1 amide bonds. The molecule has 0 aliphatic carbocycles. The van der Waals surface area contributed by atoms with Crippen LogP contribution < -0.4 is 0 Å². The zero-order valence-electron chi connectivity index (χ0n) is 18.7. The second-order valence-electron chi connectivity index (χ2n) is 7.69. The van der Waals surface area contributed by atoms with E-state index in [2.05, 4.69) is 15.2 Å². The highest BCUT2D eigenvalue weighted by Gasteiger charge is 2.22. The van der Waals surface area contributed by atoms with Gasteiger partial charge in [-0.05, 0) is 57.5 Å². The van der Waals surface area contributed by atoms with Crippen molar-refractivity contribution in [1.29, 1.82) is 0 Å². The molecule has 0 saturated carbocycles. The Morgan fingerprint density at radius 1 is 1.16 bits per heavy atom. The Kier molecular flexibility index (Phi) is 9.74. The van der Waals surface area contributed by atoms with Crippen molar-refractivity contribution < 1.29 is 14.3 Å². The highest BCUT2D eigenvalue weighted by Crippen LogP contribution is 2.23. The fourth-order valence-electron chi connectivity index (χ4n) is 3.70. The summed E-state index contributed by atoms with van der Waals surface area (Å²) in [6, 6.07) is 5.43. The maximum atomic E-state index is 13.3. The maximum absolute atomic E-state index is 13.3. The summed E-state index contributed by atoms with van der Waals surface area (Å²) >= 11 is 12.2. The van der Waals surface area contributed by atoms with Crippen molar-refractivity contribution in [3.8, 4) is 0 Å². The van der Waals surface area contributed by atoms with E-state index in [9.17, 15) is 4.79 Å². The van der Waals surface area contributed by atoms with E-state index in [1.807, 2.05) is 19.9 Å². The van der Waals surface area contributed by atoms with Crippen LogP contribution in [0.3, 0.4) is 0 Å². The van der Waals surface area contributed by atoms with Gasteiger partial charge in [-0.25, -0.2) is 4.68 Å². The molecule has 2 heterocycles. The van der Waals surface area contributed by atoms with E-state index >= 15 is 0 Å². The topological polar surface area (TPSA) is 72.7 Å². The Hall–Kier alpha value is -1.71. The van der Waals surface area contributed by atoms with Crippen molar-refractivity contribution in [2.24, 2.45) is 0 Å². The number of hydrogen-bond acceptors (Lipinski definition) is 6. The molecule has 32 heavy (non-hydrogen) atoms. The first-order valence-electron chi connectivity index (χ1n) is 11.1. The molecule has 0 radical (unpaired) electrons. The fourth-order valence-corrected chi connectivity index (χ4v) is 4.03. The second-order valence-corrected chi connectivity index (χ2v) is 8.50. The highest BCUT2D eigenvalue weighted by atomic mass is 35.5. The molecule has 10 heteroatoms. The normalized spacial score (nSPS) is 14.4. The summed E-state index contributed by atoms with van der Waals surface area (Å²) in [5, 5.41) is 9.18. The number of carbonyl (C=O) groups is 1. The molecular formula is C22H31Cl2N5O3. The van der Waals surface area contributed by atoms with Gasteiger partial charge in [0.05, 0.1) is 22.8 Å². The lowest BCUT2D eigenvalue weighted by molar-refractivity contribution is -0.145. The Bertz CT molecular complexity index is 867. The van der Waals surface area contributed by atoms with Gasteiger partial charge >= 0.3 is 0 Å². The number of nitrogens with zero attached hydrogens (tertiary/aromatic N) is 5. The number of ether oxygens (including phenoxy) is 2. The quantitative estimate of drug-likeness (QED) is 0.428. The fraction of sp³-hybridized carbons (Fsp3) is 0.591. The van der Waals surface area contributed by atoms with Crippen LogP contribution in [0.15, 0.2) is 24.4 Å². The van der Waals surface area contributed by atoms with E-state index in [1.54, 1.807) is 27.9 Å². The first kappa shape index (κ1) is 24.9. The maximum Gasteiger partial charge on any atom is 0.276 e. The molecule has 8 nitrogen and oxygen atoms in total. The standard InChI is InChI=1S/C22H31Cl2N5O3/c1-3-31-21(32-4-2)16-29-15-20(25-26-29)22(30)28(12-11-27-9-5-6-10-27)14-17-7-8-18(23)19(24)13-17/h7-8,13,15,21H,3-6,9-12,14,16H2,1-2H3. The van der Waals surface area contributed by atoms with Gasteiger partial charge in [-0.1, -0.05) is 34.5 Å². The van der Waals surface area contributed by atoms with Gasteiger partial charge in [0.15, 0.2) is 12.0 Å². The van der Waals surface area contributed by atoms with E-state index < -0.39 is 6.29 Å². The zero-order chi connectivity index (χ0) is 22.9. The lowest BCUT2D eigenvalue weighted by atomic mass is 10.2. The van der Waals surface area contributed by atoms with Crippen LogP contribution in [0.5, 0.6) is 0 Å². The zero-order valence-corrected chi connectivity index (χ0v) is 20.2. The molecule has 0 atom stereocenters. The number of aromatic nitrogens is 3. The Morgan fingerprint density at radius 3 is 2.53 bits per heavy atom. The summed E-state index contributed by atoms with van der Waals surface area (Å²) in [7, 11) is 0. The molecule has 0 unspecified atom stereocenters. The predicted molar refractivity (Wildman–Crippen MR) is 124 cm³/mol. The number of halogens is 2. The summed E-state index contributed by atoms with van der Waals surface area (Å²) in [5.74, 6) is -0.175. The third kappa shape index (κ3) is 7.15. The van der Waals surface area contributed by atoms with Crippen LogP contribution in [-0.2, 0) is 22.6 Å². The lowest BCUT2D eigenvalue weighted by Gasteiger charge is -2.25. The molecule has 1 fully saturated rings. The number of rotatable bonds is 12. The van der Waals surface area contributed by atoms with Gasteiger partial charge in [-0.3, -0.25) is 4.79 Å². The molecule has 2 aromatic rings. The molecule has 1 aromatic heterocycles. The summed E-state index contributed by atoms with van der Waals surface area (Å²) in [5.41, 5.74) is 1.20. The van der Waals surface area contributed by atoms with Gasteiger partial charge in [-0.15, -0.1) is 5.10 Å². The SMILES string of the molecule is CCOC(Cn1cc(C(=O)N(CCN2CCCC2)Cc2ccc(Cl)c(Cl)c2)nn1)OCC. The van der Waals surface area contributed by atoms with Crippen molar-refractivity contribution in [3.63, 3.8) is 0 Å². The van der Waals surface area contributed by atoms with E-state index in [4.69, 9.17) is 32.7 Å². The minimum absolute atomic E-state index is 0.175. The Labute approximate surface area is 199 Å². The first-order chi connectivity index (χ1) is 15.5. The van der Waals surface area contributed by atoms with Crippen molar-refractivity contribution >= 4 is 29.1 Å². The van der Waals surface area contributed by atoms with Crippen LogP contribution in [0, 0.1) is 0 Å². The number of carbonyl (C=O) groups excluding carboxylic acids is 1. The molecular weight excluding hydrogens is 453 g/mol. The minimum atomic E-state index is -0.433. The van der Waals surface area contributed by atoms with Crippen LogP contribution in [0.2, 0.25) is 10.0 Å². The number of amides is 1. The van der Waals surface area contributed by atoms with Gasteiger partial charge in [0.25, 0.3) is 5.91 Å². The Balaban J connectivity index is 1.71. The third-order valence-corrected chi connectivity index (χ3v) is 6.07. The summed E-state index contributed by atoms with van der Waals surface area (Å²) in [4.78, 5) is 17.5. The minimum Gasteiger partial charge on any atom is -0.351 e. The Morgan fingerprint density at radius 2 is 1.88 bits per heavy atom. The van der Waals surface area contributed by atoms with Crippen molar-refractivity contribution in [3.05, 3.63) is 45.7 Å².